The van der Waals surface area contributed by atoms with E-state index in [1.54, 1.807) is 0 Å². The number of halogens is 1. The molecular weight excluding hydrogens is 320 g/mol. The fourth-order valence-electron chi connectivity index (χ4n) is 2.39. The molecule has 2 saturated heterocycles. The Morgan fingerprint density at radius 2 is 2.06 bits per heavy atom. The number of hydrogen-bond donors (Lipinski definition) is 0. The van der Waals surface area contributed by atoms with Gasteiger partial charge in [0.1, 0.15) is 0 Å². The molecule has 6 nitrogen and oxygen atoms in total. The SMILES string of the molecule is O=[N+]([O-])c1c(Br)nn(C2CSC2)c1N1CCCC1. The molecule has 0 radical (unpaired) electrons. The Morgan fingerprint density at radius 1 is 1.39 bits per heavy atom. The average Bonchev–Trinajstić information content (AvgIpc) is 2.82. The van der Waals surface area contributed by atoms with Gasteiger partial charge in [-0.15, -0.1) is 0 Å². The molecule has 0 aromatic carbocycles. The molecule has 2 aliphatic heterocycles. The van der Waals surface area contributed by atoms with Crippen LogP contribution in [0.2, 0.25) is 0 Å². The van der Waals surface area contributed by atoms with Gasteiger partial charge in [-0.3, -0.25) is 10.1 Å². The molecule has 0 bridgehead atoms. The Morgan fingerprint density at radius 3 is 2.56 bits per heavy atom. The monoisotopic (exact) mass is 332 g/mol. The van der Waals surface area contributed by atoms with Gasteiger partial charge in [-0.1, -0.05) is 0 Å². The van der Waals surface area contributed by atoms with Crippen molar-refractivity contribution in [3.63, 3.8) is 0 Å². The quantitative estimate of drug-likeness (QED) is 0.628. The Hall–Kier alpha value is -0.760. The number of nitro groups is 1. The van der Waals surface area contributed by atoms with Gasteiger partial charge in [-0.25, -0.2) is 4.68 Å². The van der Waals surface area contributed by atoms with Gasteiger partial charge in [0.2, 0.25) is 10.4 Å². The zero-order valence-electron chi connectivity index (χ0n) is 9.71. The van der Waals surface area contributed by atoms with Gasteiger partial charge < -0.3 is 4.90 Å². The highest BCUT2D eigenvalue weighted by atomic mass is 79.9. The minimum absolute atomic E-state index is 0.119. The zero-order chi connectivity index (χ0) is 12.7. The van der Waals surface area contributed by atoms with Gasteiger partial charge in [0.05, 0.1) is 11.0 Å². The molecule has 0 N–H and O–H groups in total. The Kier molecular flexibility index (Phi) is 3.23. The summed E-state index contributed by atoms with van der Waals surface area (Å²) in [6.45, 7) is 1.78. The lowest BCUT2D eigenvalue weighted by Crippen LogP contribution is -2.29. The number of thioether (sulfide) groups is 1. The van der Waals surface area contributed by atoms with E-state index in [1.165, 1.54) is 0 Å². The van der Waals surface area contributed by atoms with E-state index in [2.05, 4.69) is 25.9 Å². The van der Waals surface area contributed by atoms with E-state index in [9.17, 15) is 10.1 Å². The van der Waals surface area contributed by atoms with Crippen LogP contribution in [0.15, 0.2) is 4.60 Å². The van der Waals surface area contributed by atoms with E-state index in [4.69, 9.17) is 0 Å². The molecule has 3 rings (SSSR count). The van der Waals surface area contributed by atoms with Crippen LogP contribution in [0.25, 0.3) is 0 Å². The normalized spacial score (nSPS) is 20.2. The summed E-state index contributed by atoms with van der Waals surface area (Å²) in [5, 5.41) is 15.6. The second kappa shape index (κ2) is 4.73. The summed E-state index contributed by atoms with van der Waals surface area (Å²) < 4.78 is 2.20. The number of nitrogens with zero attached hydrogens (tertiary/aromatic N) is 4. The van der Waals surface area contributed by atoms with Gasteiger partial charge in [0.15, 0.2) is 0 Å². The van der Waals surface area contributed by atoms with Crippen molar-refractivity contribution >= 4 is 39.2 Å². The molecule has 0 unspecified atom stereocenters. The first-order valence-corrected chi connectivity index (χ1v) is 7.88. The highest BCUT2D eigenvalue weighted by molar-refractivity contribution is 9.10. The second-order valence-corrected chi connectivity index (χ2v) is 6.38. The summed E-state index contributed by atoms with van der Waals surface area (Å²) in [5.41, 5.74) is 0.119. The van der Waals surface area contributed by atoms with E-state index in [0.29, 0.717) is 16.5 Å². The van der Waals surface area contributed by atoms with Crippen LogP contribution in [0.4, 0.5) is 11.5 Å². The average molecular weight is 333 g/mol. The van der Waals surface area contributed by atoms with E-state index >= 15 is 0 Å². The van der Waals surface area contributed by atoms with Gasteiger partial charge in [0.25, 0.3) is 0 Å². The Balaban J connectivity index is 2.07. The predicted octanol–water partition coefficient (Wildman–Crippen LogP) is 2.44. The van der Waals surface area contributed by atoms with Crippen LogP contribution in [-0.2, 0) is 0 Å². The van der Waals surface area contributed by atoms with E-state index in [0.717, 1.165) is 37.4 Å². The summed E-state index contributed by atoms with van der Waals surface area (Å²) in [7, 11) is 0. The van der Waals surface area contributed by atoms with Crippen LogP contribution in [0.1, 0.15) is 18.9 Å². The number of anilines is 1. The van der Waals surface area contributed by atoms with Crippen LogP contribution in [0.5, 0.6) is 0 Å². The summed E-state index contributed by atoms with van der Waals surface area (Å²) in [5.74, 6) is 2.67. The lowest BCUT2D eigenvalue weighted by Gasteiger charge is -2.28. The van der Waals surface area contributed by atoms with Crippen molar-refractivity contribution in [3.8, 4) is 0 Å². The Labute approximate surface area is 117 Å². The second-order valence-electron chi connectivity index (χ2n) is 4.55. The maximum absolute atomic E-state index is 11.2. The molecule has 0 atom stereocenters. The smallest absolute Gasteiger partial charge is 0.345 e. The van der Waals surface area contributed by atoms with Gasteiger partial charge in [-0.2, -0.15) is 16.9 Å². The fraction of sp³-hybridized carbons (Fsp3) is 0.700. The molecule has 2 aliphatic rings. The minimum atomic E-state index is -0.326. The van der Waals surface area contributed by atoms with Crippen LogP contribution in [0, 0.1) is 10.1 Å². The lowest BCUT2D eigenvalue weighted by atomic mass is 10.3. The molecule has 0 aliphatic carbocycles. The van der Waals surface area contributed by atoms with E-state index in [-0.39, 0.29) is 10.6 Å². The van der Waals surface area contributed by atoms with Crippen LogP contribution < -0.4 is 4.90 Å². The van der Waals surface area contributed by atoms with Crippen molar-refractivity contribution in [2.24, 2.45) is 0 Å². The van der Waals surface area contributed by atoms with Gasteiger partial charge >= 0.3 is 5.69 Å². The maximum atomic E-state index is 11.2. The summed E-state index contributed by atoms with van der Waals surface area (Å²) >= 11 is 5.08. The van der Waals surface area contributed by atoms with Crippen molar-refractivity contribution < 1.29 is 4.92 Å². The minimum Gasteiger partial charge on any atom is -0.351 e. The molecule has 0 spiro atoms. The van der Waals surface area contributed by atoms with Gasteiger partial charge in [-0.05, 0) is 28.8 Å². The van der Waals surface area contributed by atoms with E-state index in [1.807, 2.05) is 16.4 Å². The van der Waals surface area contributed by atoms with Gasteiger partial charge in [0, 0.05) is 24.6 Å². The van der Waals surface area contributed by atoms with Crippen LogP contribution in [-0.4, -0.2) is 39.3 Å². The molecule has 2 fully saturated rings. The third-order valence-electron chi connectivity index (χ3n) is 3.37. The van der Waals surface area contributed by atoms with Crippen LogP contribution in [0.3, 0.4) is 0 Å². The molecule has 0 amide bonds. The highest BCUT2D eigenvalue weighted by Gasteiger charge is 2.36. The fourth-order valence-corrected chi connectivity index (χ4v) is 3.61. The number of aromatic nitrogens is 2. The number of rotatable bonds is 3. The largest absolute Gasteiger partial charge is 0.351 e. The molecule has 8 heteroatoms. The standard InChI is InChI=1S/C10H13BrN4O2S/c11-9-8(15(16)17)10(13-3-1-2-4-13)14(12-9)7-5-18-6-7/h7H,1-6H2. The number of hydrogen-bond acceptors (Lipinski definition) is 5. The predicted molar refractivity (Wildman–Crippen MR) is 74.4 cm³/mol. The van der Waals surface area contributed by atoms with Crippen molar-refractivity contribution in [1.82, 2.24) is 9.78 Å². The molecule has 3 heterocycles. The van der Waals surface area contributed by atoms with Crippen LogP contribution >= 0.6 is 27.7 Å². The summed E-state index contributed by atoms with van der Waals surface area (Å²) in [6.07, 6.45) is 2.19. The highest BCUT2D eigenvalue weighted by Crippen LogP contribution is 2.41. The summed E-state index contributed by atoms with van der Waals surface area (Å²) in [4.78, 5) is 13.0. The molecular formula is C10H13BrN4O2S. The first-order chi connectivity index (χ1) is 8.68. The molecule has 0 saturated carbocycles. The molecule has 1 aromatic rings. The summed E-state index contributed by atoms with van der Waals surface area (Å²) in [6, 6.07) is 0.301. The maximum Gasteiger partial charge on any atom is 0.345 e. The van der Waals surface area contributed by atoms with Crippen molar-refractivity contribution in [2.75, 3.05) is 29.5 Å². The molecule has 1 aromatic heterocycles. The van der Waals surface area contributed by atoms with Crippen molar-refractivity contribution in [1.29, 1.82) is 0 Å². The van der Waals surface area contributed by atoms with Crippen molar-refractivity contribution in [3.05, 3.63) is 14.7 Å². The van der Waals surface area contributed by atoms with E-state index < -0.39 is 0 Å². The molecule has 98 valence electrons. The first kappa shape index (κ1) is 12.3. The Bertz CT molecular complexity index is 482. The van der Waals surface area contributed by atoms with Crippen molar-refractivity contribution in [2.45, 2.75) is 18.9 Å². The zero-order valence-corrected chi connectivity index (χ0v) is 12.1. The first-order valence-electron chi connectivity index (χ1n) is 5.93. The molecule has 18 heavy (non-hydrogen) atoms. The topological polar surface area (TPSA) is 64.2 Å². The third-order valence-corrected chi connectivity index (χ3v) is 5.15. The third kappa shape index (κ3) is 1.91. The lowest BCUT2D eigenvalue weighted by molar-refractivity contribution is -0.385.